The number of esters is 1. The number of carbonyl (C=O) groups is 1. The highest BCUT2D eigenvalue weighted by molar-refractivity contribution is 5.69. The van der Waals surface area contributed by atoms with Gasteiger partial charge in [0.05, 0.1) is 6.61 Å². The highest BCUT2D eigenvalue weighted by atomic mass is 16.5. The Morgan fingerprint density at radius 1 is 0.607 bits per heavy atom. The lowest BCUT2D eigenvalue weighted by molar-refractivity contribution is -0.143. The lowest BCUT2D eigenvalue weighted by Gasteiger charge is -2.06. The van der Waals surface area contributed by atoms with Crippen LogP contribution in [0.3, 0.4) is 0 Å². The molecule has 0 amide bonds. The molecule has 0 aliphatic carbocycles. The third kappa shape index (κ3) is 23.5. The van der Waals surface area contributed by atoms with E-state index in [1.807, 2.05) is 0 Å². The van der Waals surface area contributed by atoms with E-state index in [9.17, 15) is 4.79 Å². The molecule has 0 bridgehead atoms. The summed E-state index contributed by atoms with van der Waals surface area (Å²) < 4.78 is 5.31. The lowest BCUT2D eigenvalue weighted by Crippen LogP contribution is -2.05. The monoisotopic (exact) mass is 396 g/mol. The molecule has 0 atom stereocenters. The van der Waals surface area contributed by atoms with E-state index in [1.54, 1.807) is 0 Å². The Labute approximate surface area is 177 Å². The normalized spacial score (nSPS) is 11.3. The van der Waals surface area contributed by atoms with Crippen molar-refractivity contribution >= 4 is 5.97 Å². The third-order valence-corrected chi connectivity index (χ3v) is 5.67. The molecule has 0 saturated heterocycles. The highest BCUT2D eigenvalue weighted by Gasteiger charge is 2.03. The predicted octanol–water partition coefficient (Wildman–Crippen LogP) is 9.01. The molecule has 0 aromatic carbocycles. The summed E-state index contributed by atoms with van der Waals surface area (Å²) in [5, 5.41) is 0. The lowest BCUT2D eigenvalue weighted by atomic mass is 10.0. The number of hydrogen-bond donors (Lipinski definition) is 0. The molecular formula is C26H52O2. The number of unbranched alkanes of at least 4 members (excludes halogenated alkanes) is 16. The predicted molar refractivity (Wildman–Crippen MR) is 124 cm³/mol. The number of rotatable bonds is 22. The molecule has 0 aliphatic rings. The van der Waals surface area contributed by atoms with Crippen LogP contribution in [0.4, 0.5) is 0 Å². The SMILES string of the molecule is CCCCCCCCCCCCCCCCCCC(=O)OCCCCC(C)C. The summed E-state index contributed by atoms with van der Waals surface area (Å²) >= 11 is 0. The Morgan fingerprint density at radius 3 is 1.46 bits per heavy atom. The first-order valence-corrected chi connectivity index (χ1v) is 12.8. The van der Waals surface area contributed by atoms with Gasteiger partial charge in [0.2, 0.25) is 0 Å². The quantitative estimate of drug-likeness (QED) is 0.135. The molecule has 0 fully saturated rings. The first-order chi connectivity index (χ1) is 13.7. The molecule has 28 heavy (non-hydrogen) atoms. The van der Waals surface area contributed by atoms with E-state index in [2.05, 4.69) is 20.8 Å². The molecule has 0 spiro atoms. The summed E-state index contributed by atoms with van der Waals surface area (Å²) in [5.41, 5.74) is 0. The van der Waals surface area contributed by atoms with Gasteiger partial charge in [0.1, 0.15) is 0 Å². The minimum atomic E-state index is 0.00918. The minimum Gasteiger partial charge on any atom is -0.466 e. The molecule has 0 rings (SSSR count). The van der Waals surface area contributed by atoms with Gasteiger partial charge in [-0.05, 0) is 25.2 Å². The molecule has 0 heterocycles. The standard InChI is InChI=1S/C26H52O2/c1-4-5-6-7-8-9-10-11-12-13-14-15-16-17-18-19-23-26(27)28-24-21-20-22-25(2)3/h25H,4-24H2,1-3H3. The maximum atomic E-state index is 11.7. The average molecular weight is 397 g/mol. The van der Waals surface area contributed by atoms with Crippen LogP contribution in [0.15, 0.2) is 0 Å². The van der Waals surface area contributed by atoms with Gasteiger partial charge in [-0.2, -0.15) is 0 Å². The van der Waals surface area contributed by atoms with E-state index in [1.165, 1.54) is 109 Å². The molecule has 0 radical (unpaired) electrons. The van der Waals surface area contributed by atoms with Crippen molar-refractivity contribution in [2.75, 3.05) is 6.61 Å². The second kappa shape index (κ2) is 22.8. The van der Waals surface area contributed by atoms with Crippen molar-refractivity contribution in [2.24, 2.45) is 5.92 Å². The van der Waals surface area contributed by atoms with E-state index >= 15 is 0 Å². The van der Waals surface area contributed by atoms with Crippen molar-refractivity contribution in [2.45, 2.75) is 149 Å². The Balaban J connectivity index is 3.12. The Bertz CT molecular complexity index is 312. The van der Waals surface area contributed by atoms with Gasteiger partial charge in [0.15, 0.2) is 0 Å². The fourth-order valence-corrected chi connectivity index (χ4v) is 3.73. The largest absolute Gasteiger partial charge is 0.466 e. The number of ether oxygens (including phenoxy) is 1. The van der Waals surface area contributed by atoms with Crippen LogP contribution >= 0.6 is 0 Å². The summed E-state index contributed by atoms with van der Waals surface area (Å²) in [7, 11) is 0. The first kappa shape index (κ1) is 27.5. The maximum Gasteiger partial charge on any atom is 0.305 e. The van der Waals surface area contributed by atoms with Crippen LogP contribution in [0.5, 0.6) is 0 Å². The minimum absolute atomic E-state index is 0.00918. The van der Waals surface area contributed by atoms with Gasteiger partial charge in [-0.3, -0.25) is 4.79 Å². The molecule has 168 valence electrons. The van der Waals surface area contributed by atoms with Crippen LogP contribution < -0.4 is 0 Å². The van der Waals surface area contributed by atoms with Gasteiger partial charge < -0.3 is 4.74 Å². The van der Waals surface area contributed by atoms with Crippen LogP contribution in [0.1, 0.15) is 149 Å². The second-order valence-electron chi connectivity index (χ2n) is 9.16. The third-order valence-electron chi connectivity index (χ3n) is 5.67. The van der Waals surface area contributed by atoms with Crippen molar-refractivity contribution in [3.63, 3.8) is 0 Å². The highest BCUT2D eigenvalue weighted by Crippen LogP contribution is 2.14. The van der Waals surface area contributed by atoms with Crippen LogP contribution in [0.25, 0.3) is 0 Å². The van der Waals surface area contributed by atoms with Crippen LogP contribution in [-0.4, -0.2) is 12.6 Å². The van der Waals surface area contributed by atoms with Gasteiger partial charge in [-0.15, -0.1) is 0 Å². The Morgan fingerprint density at radius 2 is 1.04 bits per heavy atom. The maximum absolute atomic E-state index is 11.7. The number of carbonyl (C=O) groups excluding carboxylic acids is 1. The van der Waals surface area contributed by atoms with Crippen molar-refractivity contribution in [1.29, 1.82) is 0 Å². The first-order valence-electron chi connectivity index (χ1n) is 12.8. The van der Waals surface area contributed by atoms with Gasteiger partial charge in [-0.1, -0.05) is 124 Å². The van der Waals surface area contributed by atoms with E-state index in [-0.39, 0.29) is 5.97 Å². The molecule has 0 unspecified atom stereocenters. The molecule has 0 aliphatic heterocycles. The van der Waals surface area contributed by atoms with Crippen molar-refractivity contribution in [3.05, 3.63) is 0 Å². The summed E-state index contributed by atoms with van der Waals surface area (Å²) in [6, 6.07) is 0. The van der Waals surface area contributed by atoms with Gasteiger partial charge in [-0.25, -0.2) is 0 Å². The molecular weight excluding hydrogens is 344 g/mol. The van der Waals surface area contributed by atoms with Gasteiger partial charge in [0, 0.05) is 6.42 Å². The van der Waals surface area contributed by atoms with Crippen molar-refractivity contribution in [3.8, 4) is 0 Å². The molecule has 0 saturated carbocycles. The van der Waals surface area contributed by atoms with Crippen LogP contribution in [0.2, 0.25) is 0 Å². The molecule has 0 aromatic rings. The zero-order valence-electron chi connectivity index (χ0n) is 19.7. The molecule has 0 aromatic heterocycles. The molecule has 2 heteroatoms. The summed E-state index contributed by atoms with van der Waals surface area (Å²) in [4.78, 5) is 11.7. The van der Waals surface area contributed by atoms with E-state index in [0.29, 0.717) is 13.0 Å². The number of hydrogen-bond acceptors (Lipinski definition) is 2. The summed E-state index contributed by atoms with van der Waals surface area (Å²) in [5.74, 6) is 0.760. The van der Waals surface area contributed by atoms with Crippen molar-refractivity contribution in [1.82, 2.24) is 0 Å². The zero-order valence-corrected chi connectivity index (χ0v) is 19.7. The van der Waals surface area contributed by atoms with Gasteiger partial charge >= 0.3 is 5.97 Å². The second-order valence-corrected chi connectivity index (χ2v) is 9.16. The van der Waals surface area contributed by atoms with Gasteiger partial charge in [0.25, 0.3) is 0 Å². The molecule has 0 N–H and O–H groups in total. The topological polar surface area (TPSA) is 26.3 Å². The van der Waals surface area contributed by atoms with Crippen molar-refractivity contribution < 1.29 is 9.53 Å². The van der Waals surface area contributed by atoms with E-state index < -0.39 is 0 Å². The van der Waals surface area contributed by atoms with E-state index in [4.69, 9.17) is 4.74 Å². The van der Waals surface area contributed by atoms with E-state index in [0.717, 1.165) is 18.8 Å². The smallest absolute Gasteiger partial charge is 0.305 e. The Kier molecular flexibility index (Phi) is 22.3. The molecule has 2 nitrogen and oxygen atoms in total. The van der Waals surface area contributed by atoms with Crippen LogP contribution in [-0.2, 0) is 9.53 Å². The average Bonchev–Trinajstić information content (AvgIpc) is 2.67. The zero-order chi connectivity index (χ0) is 20.7. The van der Waals surface area contributed by atoms with Crippen LogP contribution in [0, 0.1) is 5.92 Å². The fourth-order valence-electron chi connectivity index (χ4n) is 3.73. The fraction of sp³-hybridized carbons (Fsp3) is 0.962. The summed E-state index contributed by atoms with van der Waals surface area (Å²) in [6.45, 7) is 7.38. The summed E-state index contributed by atoms with van der Waals surface area (Å²) in [6.07, 6.45) is 25.9. The Hall–Kier alpha value is -0.530.